The second-order valence-electron chi connectivity index (χ2n) is 8.06. The van der Waals surface area contributed by atoms with E-state index in [0.29, 0.717) is 42.8 Å². The van der Waals surface area contributed by atoms with Crippen LogP contribution in [0.5, 0.6) is 0 Å². The molecule has 172 valence electrons. The Balaban J connectivity index is 1.44. The molecular weight excluding hydrogens is 431 g/mol. The van der Waals surface area contributed by atoms with Crippen LogP contribution in [-0.4, -0.2) is 33.3 Å². The Labute approximate surface area is 197 Å². The van der Waals surface area contributed by atoms with Gasteiger partial charge >= 0.3 is 0 Å². The van der Waals surface area contributed by atoms with Gasteiger partial charge in [-0.15, -0.1) is 0 Å². The summed E-state index contributed by atoms with van der Waals surface area (Å²) in [4.78, 5) is 17.5. The zero-order valence-electron chi connectivity index (χ0n) is 18.8. The van der Waals surface area contributed by atoms with Crippen molar-refractivity contribution in [3.05, 3.63) is 89.7 Å². The molecule has 0 saturated carbocycles. The minimum atomic E-state index is -0.852. The van der Waals surface area contributed by atoms with Gasteiger partial charge in [0.05, 0.1) is 17.8 Å². The van der Waals surface area contributed by atoms with Gasteiger partial charge in [0, 0.05) is 42.7 Å². The van der Waals surface area contributed by atoms with Crippen molar-refractivity contribution in [1.29, 1.82) is 5.26 Å². The molecule has 0 saturated heterocycles. The molecule has 1 amide bonds. The number of carbonyl (C=O) groups is 1. The van der Waals surface area contributed by atoms with Gasteiger partial charge in [-0.1, -0.05) is 18.2 Å². The Morgan fingerprint density at radius 1 is 1.15 bits per heavy atom. The average molecular weight is 457 g/mol. The summed E-state index contributed by atoms with van der Waals surface area (Å²) in [5.74, 6) is -0.368. The molecule has 1 aromatic carbocycles. The van der Waals surface area contributed by atoms with Crippen LogP contribution in [0.3, 0.4) is 0 Å². The number of pyridine rings is 1. The fraction of sp³-hybridized carbons (Fsp3) is 0.231. The largest absolute Gasteiger partial charge is 0.309 e. The standard InChI is InChI=1S/C26H25FN6O/c1-33-17-21(16-31-33)20-10-11-24(30-15-20)32-26(34)25(22-4-2-3-5-23(22)27)29-13-12-18-6-8-19(14-28)9-7-18/h4-11,15-17,25,29H,2-3,12-13H2,1H3,(H,30,32,34). The van der Waals surface area contributed by atoms with Gasteiger partial charge in [0.1, 0.15) is 17.7 Å². The minimum Gasteiger partial charge on any atom is -0.309 e. The highest BCUT2D eigenvalue weighted by atomic mass is 19.1. The van der Waals surface area contributed by atoms with Gasteiger partial charge in [0.2, 0.25) is 5.91 Å². The number of halogens is 1. The molecule has 8 heteroatoms. The van der Waals surface area contributed by atoms with Crippen molar-refractivity contribution in [2.24, 2.45) is 7.05 Å². The summed E-state index contributed by atoms with van der Waals surface area (Å²) in [5, 5.41) is 19.1. The third-order valence-corrected chi connectivity index (χ3v) is 5.60. The van der Waals surface area contributed by atoms with Crippen LogP contribution in [-0.2, 0) is 18.3 Å². The molecule has 34 heavy (non-hydrogen) atoms. The lowest BCUT2D eigenvalue weighted by Gasteiger charge is -2.22. The number of aromatic nitrogens is 3. The first-order chi connectivity index (χ1) is 16.5. The molecule has 3 aromatic rings. The quantitative estimate of drug-likeness (QED) is 0.533. The van der Waals surface area contributed by atoms with Crippen molar-refractivity contribution >= 4 is 11.7 Å². The Kier molecular flexibility index (Phi) is 7.25. The highest BCUT2D eigenvalue weighted by molar-refractivity contribution is 5.97. The molecule has 1 unspecified atom stereocenters. The van der Waals surface area contributed by atoms with E-state index >= 15 is 0 Å². The first-order valence-corrected chi connectivity index (χ1v) is 11.1. The molecule has 1 aliphatic carbocycles. The van der Waals surface area contributed by atoms with Gasteiger partial charge in [-0.2, -0.15) is 10.4 Å². The lowest BCUT2D eigenvalue weighted by molar-refractivity contribution is -0.117. The van der Waals surface area contributed by atoms with Crippen LogP contribution < -0.4 is 10.6 Å². The Bertz CT molecular complexity index is 1250. The normalized spacial score (nSPS) is 14.0. The van der Waals surface area contributed by atoms with Crippen LogP contribution in [0.4, 0.5) is 10.2 Å². The van der Waals surface area contributed by atoms with Crippen LogP contribution in [0.2, 0.25) is 0 Å². The summed E-state index contributed by atoms with van der Waals surface area (Å²) in [6.07, 6.45) is 10.5. The van der Waals surface area contributed by atoms with Gasteiger partial charge in [-0.3, -0.25) is 9.48 Å². The van der Waals surface area contributed by atoms with Crippen molar-refractivity contribution < 1.29 is 9.18 Å². The predicted molar refractivity (Wildman–Crippen MR) is 128 cm³/mol. The number of amides is 1. The number of nitrogens with one attached hydrogen (secondary N) is 2. The first-order valence-electron chi connectivity index (χ1n) is 11.1. The highest BCUT2D eigenvalue weighted by Gasteiger charge is 2.26. The predicted octanol–water partition coefficient (Wildman–Crippen LogP) is 4.07. The lowest BCUT2D eigenvalue weighted by atomic mass is 9.97. The van der Waals surface area contributed by atoms with Crippen LogP contribution >= 0.6 is 0 Å². The van der Waals surface area contributed by atoms with E-state index in [-0.39, 0.29) is 11.7 Å². The van der Waals surface area contributed by atoms with Crippen LogP contribution in [0.1, 0.15) is 24.0 Å². The maximum Gasteiger partial charge on any atom is 0.247 e. The zero-order chi connectivity index (χ0) is 23.9. The molecule has 0 aliphatic heterocycles. The molecule has 1 atom stereocenters. The number of allylic oxidation sites excluding steroid dienone is 2. The SMILES string of the molecule is Cn1cc(-c2ccc(NC(=O)C(NCCc3ccc(C#N)cc3)C3=CCCC=C3F)nc2)cn1. The van der Waals surface area contributed by atoms with Crippen molar-refractivity contribution in [2.45, 2.75) is 25.3 Å². The molecule has 1 aliphatic rings. The van der Waals surface area contributed by atoms with Crippen molar-refractivity contribution in [3.63, 3.8) is 0 Å². The van der Waals surface area contributed by atoms with E-state index in [2.05, 4.69) is 26.8 Å². The summed E-state index contributed by atoms with van der Waals surface area (Å²) < 4.78 is 16.3. The van der Waals surface area contributed by atoms with Gasteiger partial charge in [0.15, 0.2) is 0 Å². The number of hydrogen-bond donors (Lipinski definition) is 2. The summed E-state index contributed by atoms with van der Waals surface area (Å²) in [5.41, 5.74) is 3.76. The smallest absolute Gasteiger partial charge is 0.247 e. The second-order valence-corrected chi connectivity index (χ2v) is 8.06. The number of aryl methyl sites for hydroxylation is 1. The number of nitrogens with zero attached hydrogens (tertiary/aromatic N) is 4. The van der Waals surface area contributed by atoms with Crippen LogP contribution in [0.25, 0.3) is 11.1 Å². The molecule has 7 nitrogen and oxygen atoms in total. The molecule has 2 heterocycles. The summed E-state index contributed by atoms with van der Waals surface area (Å²) in [6.45, 7) is 0.460. The van der Waals surface area contributed by atoms with Gasteiger partial charge in [-0.25, -0.2) is 9.37 Å². The summed E-state index contributed by atoms with van der Waals surface area (Å²) >= 11 is 0. The highest BCUT2D eigenvalue weighted by Crippen LogP contribution is 2.24. The molecule has 0 fully saturated rings. The molecule has 2 aromatic heterocycles. The van der Waals surface area contributed by atoms with Crippen molar-refractivity contribution in [1.82, 2.24) is 20.1 Å². The van der Waals surface area contributed by atoms with E-state index in [1.165, 1.54) is 6.08 Å². The monoisotopic (exact) mass is 456 g/mol. The van der Waals surface area contributed by atoms with Crippen LogP contribution in [0, 0.1) is 11.3 Å². The molecule has 2 N–H and O–H groups in total. The molecular formula is C26H25FN6O. The molecule has 0 bridgehead atoms. The number of rotatable bonds is 8. The van der Waals surface area contributed by atoms with Crippen LogP contribution in [0.15, 0.2) is 78.5 Å². The Hall–Kier alpha value is -4.09. The summed E-state index contributed by atoms with van der Waals surface area (Å²) in [6, 6.07) is 12.1. The molecule has 0 radical (unpaired) electrons. The number of hydrogen-bond acceptors (Lipinski definition) is 5. The maximum atomic E-state index is 14.6. The number of anilines is 1. The van der Waals surface area contributed by atoms with Gasteiger partial charge in [0.25, 0.3) is 0 Å². The number of carbonyl (C=O) groups excluding carboxylic acids is 1. The Morgan fingerprint density at radius 3 is 2.59 bits per heavy atom. The molecule has 4 rings (SSSR count). The van der Waals surface area contributed by atoms with E-state index in [0.717, 1.165) is 16.7 Å². The minimum absolute atomic E-state index is 0.343. The van der Waals surface area contributed by atoms with Gasteiger partial charge in [-0.05, 0) is 55.2 Å². The van der Waals surface area contributed by atoms with E-state index in [9.17, 15) is 9.18 Å². The fourth-order valence-electron chi connectivity index (χ4n) is 3.78. The molecule has 0 spiro atoms. The van der Waals surface area contributed by atoms with E-state index < -0.39 is 6.04 Å². The maximum absolute atomic E-state index is 14.6. The first kappa shape index (κ1) is 23.1. The van der Waals surface area contributed by atoms with E-state index in [1.807, 2.05) is 31.4 Å². The average Bonchev–Trinajstić information content (AvgIpc) is 3.29. The van der Waals surface area contributed by atoms with Crippen molar-refractivity contribution in [2.75, 3.05) is 11.9 Å². The number of benzene rings is 1. The van der Waals surface area contributed by atoms with Gasteiger partial charge < -0.3 is 10.6 Å². The Morgan fingerprint density at radius 2 is 1.94 bits per heavy atom. The summed E-state index contributed by atoms with van der Waals surface area (Å²) in [7, 11) is 1.84. The third kappa shape index (κ3) is 5.63. The van der Waals surface area contributed by atoms with E-state index in [4.69, 9.17) is 5.26 Å². The lowest BCUT2D eigenvalue weighted by Crippen LogP contribution is -2.43. The third-order valence-electron chi connectivity index (χ3n) is 5.60. The second kappa shape index (κ2) is 10.7. The zero-order valence-corrected chi connectivity index (χ0v) is 18.8. The fourth-order valence-corrected chi connectivity index (χ4v) is 3.78. The number of nitriles is 1. The van der Waals surface area contributed by atoms with Crippen molar-refractivity contribution in [3.8, 4) is 17.2 Å². The van der Waals surface area contributed by atoms with E-state index in [1.54, 1.807) is 41.4 Å². The topological polar surface area (TPSA) is 95.6 Å².